The van der Waals surface area contributed by atoms with E-state index in [-0.39, 0.29) is 0 Å². The molecule has 1 atom stereocenters. The maximum absolute atomic E-state index is 4.41. The minimum atomic E-state index is 0.512. The number of unbranched alkanes of at least 4 members (excludes halogenated alkanes) is 1. The Kier molecular flexibility index (Phi) is 7.88. The van der Waals surface area contributed by atoms with E-state index in [1.54, 1.807) is 0 Å². The molecule has 0 rings (SSSR count). The van der Waals surface area contributed by atoms with Crippen molar-refractivity contribution in [3.63, 3.8) is 0 Å². The third-order valence-corrected chi connectivity index (χ3v) is 2.97. The SMILES string of the molecule is C=CCSC(S)CCCC. The summed E-state index contributed by atoms with van der Waals surface area (Å²) in [4.78, 5) is 0. The summed E-state index contributed by atoms with van der Waals surface area (Å²) in [5.74, 6) is 1.03. The minimum absolute atomic E-state index is 0.512. The summed E-state index contributed by atoms with van der Waals surface area (Å²) in [6, 6.07) is 0. The molecule has 2 heteroatoms. The van der Waals surface area contributed by atoms with Crippen LogP contribution in [0.3, 0.4) is 0 Å². The van der Waals surface area contributed by atoms with Gasteiger partial charge in [-0.05, 0) is 6.42 Å². The normalized spacial score (nSPS) is 13.0. The third-order valence-electron chi connectivity index (χ3n) is 1.21. The molecule has 0 aliphatic heterocycles. The lowest BCUT2D eigenvalue weighted by Gasteiger charge is -2.06. The fourth-order valence-corrected chi connectivity index (χ4v) is 1.77. The van der Waals surface area contributed by atoms with Crippen molar-refractivity contribution >= 4 is 24.4 Å². The van der Waals surface area contributed by atoms with Crippen molar-refractivity contribution in [2.75, 3.05) is 5.75 Å². The smallest absolute Gasteiger partial charge is 0.0475 e. The topological polar surface area (TPSA) is 0 Å². The van der Waals surface area contributed by atoms with E-state index in [1.165, 1.54) is 19.3 Å². The quantitative estimate of drug-likeness (QED) is 0.368. The Bertz CT molecular complexity index is 81.3. The van der Waals surface area contributed by atoms with Crippen LogP contribution in [0.15, 0.2) is 12.7 Å². The molecule has 0 heterocycles. The molecule has 0 saturated carbocycles. The van der Waals surface area contributed by atoms with Crippen LogP contribution in [0.5, 0.6) is 0 Å². The molecular weight excluding hydrogens is 160 g/mol. The van der Waals surface area contributed by atoms with Crippen molar-refractivity contribution < 1.29 is 0 Å². The van der Waals surface area contributed by atoms with Crippen LogP contribution in [0.25, 0.3) is 0 Å². The van der Waals surface area contributed by atoms with E-state index in [0.717, 1.165) is 5.75 Å². The maximum Gasteiger partial charge on any atom is 0.0475 e. The molecule has 0 saturated heterocycles. The fraction of sp³-hybridized carbons (Fsp3) is 0.750. The molecule has 0 bridgehead atoms. The largest absolute Gasteiger partial charge is 0.165 e. The van der Waals surface area contributed by atoms with Crippen LogP contribution in [0.4, 0.5) is 0 Å². The highest BCUT2D eigenvalue weighted by Gasteiger charge is 1.99. The van der Waals surface area contributed by atoms with E-state index in [9.17, 15) is 0 Å². The van der Waals surface area contributed by atoms with Crippen molar-refractivity contribution in [1.82, 2.24) is 0 Å². The Labute approximate surface area is 73.9 Å². The number of thiol groups is 1. The zero-order valence-corrected chi connectivity index (χ0v) is 8.26. The van der Waals surface area contributed by atoms with Crippen molar-refractivity contribution in [1.29, 1.82) is 0 Å². The van der Waals surface area contributed by atoms with E-state index >= 15 is 0 Å². The Morgan fingerprint density at radius 3 is 2.90 bits per heavy atom. The number of hydrogen-bond donors (Lipinski definition) is 1. The number of thioether (sulfide) groups is 1. The van der Waals surface area contributed by atoms with Crippen molar-refractivity contribution in [2.45, 2.75) is 30.8 Å². The molecule has 0 spiro atoms. The maximum atomic E-state index is 4.41. The van der Waals surface area contributed by atoms with Crippen LogP contribution in [0, 0.1) is 0 Å². The third kappa shape index (κ3) is 6.56. The van der Waals surface area contributed by atoms with Gasteiger partial charge in [0.05, 0.1) is 0 Å². The van der Waals surface area contributed by atoms with Gasteiger partial charge in [0.2, 0.25) is 0 Å². The van der Waals surface area contributed by atoms with Crippen LogP contribution in [0.1, 0.15) is 26.2 Å². The Hall–Kier alpha value is 0.440. The number of hydrogen-bond acceptors (Lipinski definition) is 2. The average Bonchev–Trinajstić information content (AvgIpc) is 1.97. The molecule has 0 aromatic carbocycles. The first kappa shape index (κ1) is 10.4. The van der Waals surface area contributed by atoms with E-state index in [0.29, 0.717) is 4.58 Å². The molecule has 0 nitrogen and oxygen atoms in total. The molecule has 10 heavy (non-hydrogen) atoms. The minimum Gasteiger partial charge on any atom is -0.165 e. The van der Waals surface area contributed by atoms with Crippen molar-refractivity contribution in [2.24, 2.45) is 0 Å². The second kappa shape index (κ2) is 7.55. The van der Waals surface area contributed by atoms with Crippen molar-refractivity contribution in [3.8, 4) is 0 Å². The van der Waals surface area contributed by atoms with Crippen molar-refractivity contribution in [3.05, 3.63) is 12.7 Å². The predicted octanol–water partition coefficient (Wildman–Crippen LogP) is 3.35. The molecule has 0 N–H and O–H groups in total. The van der Waals surface area contributed by atoms with E-state index < -0.39 is 0 Å². The average molecular weight is 176 g/mol. The first-order valence-corrected chi connectivity index (χ1v) is 5.28. The Morgan fingerprint density at radius 2 is 2.40 bits per heavy atom. The molecule has 0 radical (unpaired) electrons. The zero-order valence-electron chi connectivity index (χ0n) is 6.55. The summed E-state index contributed by atoms with van der Waals surface area (Å²) in [5.41, 5.74) is 0. The lowest BCUT2D eigenvalue weighted by Crippen LogP contribution is -1.92. The highest BCUT2D eigenvalue weighted by atomic mass is 32.2. The molecule has 0 amide bonds. The summed E-state index contributed by atoms with van der Waals surface area (Å²) in [6.45, 7) is 5.87. The van der Waals surface area contributed by atoms with E-state index in [2.05, 4.69) is 26.1 Å². The van der Waals surface area contributed by atoms with Gasteiger partial charge >= 0.3 is 0 Å². The molecule has 60 valence electrons. The van der Waals surface area contributed by atoms with Gasteiger partial charge < -0.3 is 0 Å². The highest BCUT2D eigenvalue weighted by Crippen LogP contribution is 2.20. The summed E-state index contributed by atoms with van der Waals surface area (Å²) < 4.78 is 0.512. The molecule has 0 fully saturated rings. The summed E-state index contributed by atoms with van der Waals surface area (Å²) in [5, 5.41) is 0. The molecular formula is C8H16S2. The first-order chi connectivity index (χ1) is 4.81. The van der Waals surface area contributed by atoms with E-state index in [1.807, 2.05) is 17.8 Å². The van der Waals surface area contributed by atoms with Gasteiger partial charge in [-0.2, -0.15) is 12.6 Å². The van der Waals surface area contributed by atoms with Gasteiger partial charge in [0.25, 0.3) is 0 Å². The second-order valence-electron chi connectivity index (χ2n) is 2.22. The van der Waals surface area contributed by atoms with Gasteiger partial charge in [-0.1, -0.05) is 25.8 Å². The van der Waals surface area contributed by atoms with Crippen LogP contribution >= 0.6 is 24.4 Å². The Balaban J connectivity index is 3.07. The van der Waals surface area contributed by atoms with Crippen LogP contribution < -0.4 is 0 Å². The summed E-state index contributed by atoms with van der Waals surface area (Å²) in [6.07, 6.45) is 5.71. The van der Waals surface area contributed by atoms with Crippen LogP contribution in [-0.2, 0) is 0 Å². The van der Waals surface area contributed by atoms with Crippen LogP contribution in [0.2, 0.25) is 0 Å². The molecule has 0 aromatic rings. The fourth-order valence-electron chi connectivity index (χ4n) is 0.641. The van der Waals surface area contributed by atoms with Gasteiger partial charge in [0.1, 0.15) is 0 Å². The number of rotatable bonds is 6. The lowest BCUT2D eigenvalue weighted by atomic mass is 10.3. The van der Waals surface area contributed by atoms with Gasteiger partial charge in [-0.3, -0.25) is 0 Å². The van der Waals surface area contributed by atoms with E-state index in [4.69, 9.17) is 0 Å². The van der Waals surface area contributed by atoms with Gasteiger partial charge in [-0.15, -0.1) is 18.3 Å². The second-order valence-corrected chi connectivity index (χ2v) is 4.43. The predicted molar refractivity (Wildman–Crippen MR) is 55.0 cm³/mol. The summed E-state index contributed by atoms with van der Waals surface area (Å²) in [7, 11) is 0. The highest BCUT2D eigenvalue weighted by molar-refractivity contribution is 8.10. The lowest BCUT2D eigenvalue weighted by molar-refractivity contribution is 0.765. The van der Waals surface area contributed by atoms with Gasteiger partial charge in [0.15, 0.2) is 0 Å². The monoisotopic (exact) mass is 176 g/mol. The Morgan fingerprint density at radius 1 is 1.70 bits per heavy atom. The summed E-state index contributed by atoms with van der Waals surface area (Å²) >= 11 is 6.28. The van der Waals surface area contributed by atoms with Crippen LogP contribution in [-0.4, -0.2) is 10.3 Å². The molecule has 0 aromatic heterocycles. The molecule has 0 aliphatic carbocycles. The zero-order chi connectivity index (χ0) is 7.82. The first-order valence-electron chi connectivity index (χ1n) is 3.71. The molecule has 0 aliphatic rings. The molecule has 1 unspecified atom stereocenters. The van der Waals surface area contributed by atoms with Gasteiger partial charge in [0, 0.05) is 10.3 Å². The standard InChI is InChI=1S/C8H16S2/c1-3-5-6-8(9)10-7-4-2/h4,8-9H,2-3,5-7H2,1H3. The van der Waals surface area contributed by atoms with Gasteiger partial charge in [-0.25, -0.2) is 0 Å².